The zero-order valence-corrected chi connectivity index (χ0v) is 7.08. The highest BCUT2D eigenvalue weighted by atomic mass is 16.1. The predicted octanol–water partition coefficient (Wildman–Crippen LogP) is 2.08. The van der Waals surface area contributed by atoms with E-state index in [4.69, 9.17) is 0 Å². The summed E-state index contributed by atoms with van der Waals surface area (Å²) in [6, 6.07) is 8.07. The number of aliphatic imine (C=N–C) groups is 1. The summed E-state index contributed by atoms with van der Waals surface area (Å²) >= 11 is 0. The van der Waals surface area contributed by atoms with Crippen LogP contribution >= 0.6 is 0 Å². The summed E-state index contributed by atoms with van der Waals surface area (Å²) in [6.07, 6.45) is 2.56. The van der Waals surface area contributed by atoms with Crippen molar-refractivity contribution in [1.29, 1.82) is 0 Å². The summed E-state index contributed by atoms with van der Waals surface area (Å²) in [6.45, 7) is 2.55. The average molecular weight is 161 g/mol. The lowest BCUT2D eigenvalue weighted by Gasteiger charge is -1.97. The molecule has 0 atom stereocenters. The Morgan fingerprint density at radius 1 is 1.25 bits per heavy atom. The molecule has 2 nitrogen and oxygen atoms in total. The van der Waals surface area contributed by atoms with Crippen molar-refractivity contribution < 1.29 is 4.79 Å². The largest absolute Gasteiger partial charge is 0.235 e. The highest BCUT2D eigenvalue weighted by Gasteiger charge is 1.90. The highest BCUT2D eigenvalue weighted by Crippen LogP contribution is 2.05. The molecule has 0 N–H and O–H groups in total. The van der Waals surface area contributed by atoms with E-state index in [1.54, 1.807) is 0 Å². The third kappa shape index (κ3) is 2.33. The molecule has 0 aliphatic heterocycles. The molecule has 1 aromatic rings. The number of hydrogen-bond acceptors (Lipinski definition) is 2. The molecular weight excluding hydrogens is 150 g/mol. The zero-order chi connectivity index (χ0) is 8.81. The van der Waals surface area contributed by atoms with E-state index in [0.717, 1.165) is 12.0 Å². The second-order valence-electron chi connectivity index (χ2n) is 2.58. The van der Waals surface area contributed by atoms with Crippen LogP contribution in [-0.4, -0.2) is 6.08 Å². The van der Waals surface area contributed by atoms with Gasteiger partial charge in [-0.2, -0.15) is 0 Å². The molecule has 2 heteroatoms. The topological polar surface area (TPSA) is 29.4 Å². The zero-order valence-electron chi connectivity index (χ0n) is 7.08. The Bertz CT molecular complexity index is 283. The van der Waals surface area contributed by atoms with E-state index in [2.05, 4.69) is 24.0 Å². The first-order chi connectivity index (χ1) is 5.86. The number of benzene rings is 1. The first-order valence-electron chi connectivity index (χ1n) is 3.98. The number of carbonyl (C=O) groups excluding carboxylic acids is 1. The van der Waals surface area contributed by atoms with Crippen molar-refractivity contribution in [1.82, 2.24) is 0 Å². The highest BCUT2D eigenvalue weighted by molar-refractivity contribution is 5.34. The van der Waals surface area contributed by atoms with E-state index >= 15 is 0 Å². The lowest BCUT2D eigenvalue weighted by molar-refractivity contribution is 0.563. The summed E-state index contributed by atoms with van der Waals surface area (Å²) in [5, 5.41) is 0. The molecule has 1 aromatic carbocycles. The van der Waals surface area contributed by atoms with Crippen molar-refractivity contribution in [3.63, 3.8) is 0 Å². The summed E-state index contributed by atoms with van der Waals surface area (Å²) in [5.41, 5.74) is 2.35. The minimum Gasteiger partial charge on any atom is -0.211 e. The van der Waals surface area contributed by atoms with E-state index in [9.17, 15) is 4.79 Å². The quantitative estimate of drug-likeness (QED) is 0.493. The third-order valence-electron chi connectivity index (χ3n) is 1.76. The second-order valence-corrected chi connectivity index (χ2v) is 2.58. The number of rotatable bonds is 3. The van der Waals surface area contributed by atoms with Gasteiger partial charge in [0.2, 0.25) is 6.08 Å². The molecule has 0 aromatic heterocycles. The van der Waals surface area contributed by atoms with Crippen LogP contribution in [0, 0.1) is 0 Å². The standard InChI is InChI=1S/C10H11NO/c1-2-9-3-5-10(6-4-9)7-11-8-12/h3-6H,2,7H2,1H3. The van der Waals surface area contributed by atoms with Gasteiger partial charge in [-0.15, -0.1) is 0 Å². The minimum absolute atomic E-state index is 0.438. The van der Waals surface area contributed by atoms with Gasteiger partial charge < -0.3 is 0 Å². The van der Waals surface area contributed by atoms with Crippen molar-refractivity contribution in [3.8, 4) is 0 Å². The van der Waals surface area contributed by atoms with Gasteiger partial charge in [0.05, 0.1) is 6.54 Å². The first-order valence-corrected chi connectivity index (χ1v) is 3.98. The molecule has 0 heterocycles. The second kappa shape index (κ2) is 4.47. The minimum atomic E-state index is 0.438. The fourth-order valence-electron chi connectivity index (χ4n) is 1.00. The summed E-state index contributed by atoms with van der Waals surface area (Å²) in [5.74, 6) is 0. The predicted molar refractivity (Wildman–Crippen MR) is 47.6 cm³/mol. The van der Waals surface area contributed by atoms with Crippen LogP contribution in [0.1, 0.15) is 18.1 Å². The van der Waals surface area contributed by atoms with Crippen LogP contribution in [-0.2, 0) is 17.8 Å². The molecule has 12 heavy (non-hydrogen) atoms. The van der Waals surface area contributed by atoms with Crippen LogP contribution < -0.4 is 0 Å². The van der Waals surface area contributed by atoms with Gasteiger partial charge in [-0.25, -0.2) is 9.79 Å². The third-order valence-corrected chi connectivity index (χ3v) is 1.76. The Hall–Kier alpha value is -1.40. The van der Waals surface area contributed by atoms with Crippen LogP contribution in [0.5, 0.6) is 0 Å². The molecule has 0 spiro atoms. The van der Waals surface area contributed by atoms with Crippen molar-refractivity contribution in [3.05, 3.63) is 35.4 Å². The molecule has 0 bridgehead atoms. The maximum absolute atomic E-state index is 9.81. The van der Waals surface area contributed by atoms with Crippen LogP contribution in [0.25, 0.3) is 0 Å². The van der Waals surface area contributed by atoms with Crippen molar-refractivity contribution in [2.24, 2.45) is 4.99 Å². The van der Waals surface area contributed by atoms with Gasteiger partial charge in [0.1, 0.15) is 0 Å². The van der Waals surface area contributed by atoms with Crippen LogP contribution in [0.4, 0.5) is 0 Å². The smallest absolute Gasteiger partial charge is 0.211 e. The summed E-state index contributed by atoms with van der Waals surface area (Å²) in [4.78, 5) is 13.3. The van der Waals surface area contributed by atoms with E-state index < -0.39 is 0 Å². The van der Waals surface area contributed by atoms with E-state index in [0.29, 0.717) is 6.54 Å². The van der Waals surface area contributed by atoms with Crippen LogP contribution in [0.3, 0.4) is 0 Å². The van der Waals surface area contributed by atoms with Gasteiger partial charge in [-0.3, -0.25) is 0 Å². The Morgan fingerprint density at radius 2 is 1.83 bits per heavy atom. The van der Waals surface area contributed by atoms with E-state index in [1.807, 2.05) is 12.1 Å². The number of nitrogens with zero attached hydrogens (tertiary/aromatic N) is 1. The Kier molecular flexibility index (Phi) is 3.24. The van der Waals surface area contributed by atoms with E-state index in [1.165, 1.54) is 11.6 Å². The van der Waals surface area contributed by atoms with Gasteiger partial charge in [-0.05, 0) is 17.5 Å². The molecule has 0 saturated carbocycles. The first kappa shape index (κ1) is 8.69. The molecular formula is C10H11NO. The van der Waals surface area contributed by atoms with Gasteiger partial charge in [0.15, 0.2) is 0 Å². The molecule has 0 saturated heterocycles. The SMILES string of the molecule is CCc1ccc(CN=C=O)cc1. The van der Waals surface area contributed by atoms with Gasteiger partial charge in [0, 0.05) is 0 Å². The number of aryl methyl sites for hydroxylation is 1. The monoisotopic (exact) mass is 161 g/mol. The van der Waals surface area contributed by atoms with Crippen molar-refractivity contribution in [2.75, 3.05) is 0 Å². The van der Waals surface area contributed by atoms with Crippen molar-refractivity contribution in [2.45, 2.75) is 19.9 Å². The van der Waals surface area contributed by atoms with Crippen LogP contribution in [0.2, 0.25) is 0 Å². The molecule has 0 aliphatic rings. The van der Waals surface area contributed by atoms with Gasteiger partial charge in [-0.1, -0.05) is 31.2 Å². The van der Waals surface area contributed by atoms with Gasteiger partial charge >= 0.3 is 0 Å². The maximum atomic E-state index is 9.81. The molecule has 1 rings (SSSR count). The lowest BCUT2D eigenvalue weighted by Crippen LogP contribution is -1.83. The lowest BCUT2D eigenvalue weighted by atomic mass is 10.1. The van der Waals surface area contributed by atoms with Crippen LogP contribution in [0.15, 0.2) is 29.3 Å². The van der Waals surface area contributed by atoms with Crippen molar-refractivity contribution >= 4 is 6.08 Å². The van der Waals surface area contributed by atoms with Gasteiger partial charge in [0.25, 0.3) is 0 Å². The summed E-state index contributed by atoms with van der Waals surface area (Å²) < 4.78 is 0. The molecule has 0 amide bonds. The number of isocyanates is 1. The Morgan fingerprint density at radius 3 is 2.33 bits per heavy atom. The summed E-state index contributed by atoms with van der Waals surface area (Å²) in [7, 11) is 0. The maximum Gasteiger partial charge on any atom is 0.235 e. The fraction of sp³-hybridized carbons (Fsp3) is 0.300. The molecule has 0 aliphatic carbocycles. The molecule has 0 unspecified atom stereocenters. The molecule has 62 valence electrons. The Balaban J connectivity index is 2.70. The molecule has 0 fully saturated rings. The number of hydrogen-bond donors (Lipinski definition) is 0. The molecule has 0 radical (unpaired) electrons. The fourth-order valence-corrected chi connectivity index (χ4v) is 1.00. The Labute approximate surface area is 71.9 Å². The normalized spacial score (nSPS) is 9.08. The average Bonchev–Trinajstić information content (AvgIpc) is 2.15. The van der Waals surface area contributed by atoms with E-state index in [-0.39, 0.29) is 0 Å².